The van der Waals surface area contributed by atoms with Gasteiger partial charge in [0.25, 0.3) is 11.8 Å². The largest absolute Gasteiger partial charge is 0.497 e. The van der Waals surface area contributed by atoms with Gasteiger partial charge in [0, 0.05) is 18.7 Å². The molecule has 0 bridgehead atoms. The van der Waals surface area contributed by atoms with Crippen LogP contribution >= 0.6 is 0 Å². The molecule has 7 heteroatoms. The van der Waals surface area contributed by atoms with Gasteiger partial charge in [-0.2, -0.15) is 4.98 Å². The summed E-state index contributed by atoms with van der Waals surface area (Å²) in [6, 6.07) is 14.6. The molecule has 0 unspecified atom stereocenters. The number of nitrogens with zero attached hydrogens (tertiary/aromatic N) is 2. The number of rotatable bonds is 6. The van der Waals surface area contributed by atoms with E-state index in [1.54, 1.807) is 19.2 Å². The van der Waals surface area contributed by atoms with Gasteiger partial charge in [-0.25, -0.2) is 0 Å². The third-order valence-corrected chi connectivity index (χ3v) is 4.69. The van der Waals surface area contributed by atoms with Gasteiger partial charge in [0.2, 0.25) is 5.82 Å². The van der Waals surface area contributed by atoms with Crippen LogP contribution in [0.2, 0.25) is 0 Å². The quantitative estimate of drug-likeness (QED) is 0.707. The lowest BCUT2D eigenvalue weighted by Gasteiger charge is -2.11. The number of ether oxygens (including phenoxy) is 2. The van der Waals surface area contributed by atoms with Crippen LogP contribution in [0.1, 0.15) is 23.2 Å². The Morgan fingerprint density at radius 2 is 2.04 bits per heavy atom. The van der Waals surface area contributed by atoms with Gasteiger partial charge in [-0.1, -0.05) is 17.3 Å². The highest BCUT2D eigenvalue weighted by Gasteiger charge is 2.20. The summed E-state index contributed by atoms with van der Waals surface area (Å²) in [5, 5.41) is 6.98. The van der Waals surface area contributed by atoms with Crippen molar-refractivity contribution in [3.05, 3.63) is 54.1 Å². The zero-order chi connectivity index (χ0) is 19.3. The van der Waals surface area contributed by atoms with Crippen LogP contribution in [0.4, 0.5) is 0 Å². The van der Waals surface area contributed by atoms with Gasteiger partial charge in [-0.05, 0) is 49.2 Å². The molecular weight excluding hydrogens is 358 g/mol. The smallest absolute Gasteiger partial charge is 0.259 e. The molecule has 28 heavy (non-hydrogen) atoms. The number of benzene rings is 2. The first-order chi connectivity index (χ1) is 13.7. The average molecular weight is 379 g/mol. The molecule has 1 aromatic heterocycles. The van der Waals surface area contributed by atoms with Crippen molar-refractivity contribution in [2.75, 3.05) is 20.3 Å². The highest BCUT2D eigenvalue weighted by atomic mass is 16.5. The van der Waals surface area contributed by atoms with Crippen LogP contribution in [0.3, 0.4) is 0 Å². The Hall–Kier alpha value is -3.19. The Kier molecular flexibility index (Phi) is 5.34. The Morgan fingerprint density at radius 3 is 2.79 bits per heavy atom. The number of amides is 1. The van der Waals surface area contributed by atoms with Crippen molar-refractivity contribution in [1.82, 2.24) is 15.5 Å². The van der Waals surface area contributed by atoms with E-state index in [2.05, 4.69) is 15.5 Å². The maximum Gasteiger partial charge on any atom is 0.259 e. The normalized spacial score (nSPS) is 16.1. The van der Waals surface area contributed by atoms with Crippen molar-refractivity contribution in [2.45, 2.75) is 18.9 Å². The molecule has 2 heterocycles. The lowest BCUT2D eigenvalue weighted by atomic mass is 10.1. The molecule has 7 nitrogen and oxygen atoms in total. The zero-order valence-electron chi connectivity index (χ0n) is 15.6. The Labute approximate surface area is 162 Å². The Balaban J connectivity index is 1.54. The van der Waals surface area contributed by atoms with Gasteiger partial charge in [-0.15, -0.1) is 0 Å². The predicted octanol–water partition coefficient (Wildman–Crippen LogP) is 3.32. The van der Waals surface area contributed by atoms with E-state index in [1.807, 2.05) is 36.4 Å². The van der Waals surface area contributed by atoms with E-state index in [1.165, 1.54) is 0 Å². The topological polar surface area (TPSA) is 86.5 Å². The molecule has 0 spiro atoms. The van der Waals surface area contributed by atoms with Gasteiger partial charge in [-0.3, -0.25) is 4.79 Å². The van der Waals surface area contributed by atoms with Crippen LogP contribution in [0.5, 0.6) is 5.75 Å². The van der Waals surface area contributed by atoms with Crippen LogP contribution in [0.25, 0.3) is 22.8 Å². The molecule has 0 saturated carbocycles. The van der Waals surface area contributed by atoms with E-state index >= 15 is 0 Å². The van der Waals surface area contributed by atoms with Crippen molar-refractivity contribution in [3.63, 3.8) is 0 Å². The van der Waals surface area contributed by atoms with Gasteiger partial charge < -0.3 is 19.3 Å². The second-order valence-electron chi connectivity index (χ2n) is 6.54. The summed E-state index contributed by atoms with van der Waals surface area (Å²) in [6.45, 7) is 1.25. The summed E-state index contributed by atoms with van der Waals surface area (Å²) in [7, 11) is 1.61. The number of carbonyl (C=O) groups is 1. The summed E-state index contributed by atoms with van der Waals surface area (Å²) < 4.78 is 16.2. The predicted molar refractivity (Wildman–Crippen MR) is 103 cm³/mol. The van der Waals surface area contributed by atoms with Gasteiger partial charge in [0.15, 0.2) is 0 Å². The summed E-state index contributed by atoms with van der Waals surface area (Å²) in [5.74, 6) is 1.32. The van der Waals surface area contributed by atoms with Gasteiger partial charge >= 0.3 is 0 Å². The van der Waals surface area contributed by atoms with E-state index in [0.717, 1.165) is 30.8 Å². The molecule has 1 amide bonds. The minimum atomic E-state index is -0.185. The number of methoxy groups -OCH3 is 1. The molecule has 144 valence electrons. The van der Waals surface area contributed by atoms with Gasteiger partial charge in [0.05, 0.1) is 24.3 Å². The monoisotopic (exact) mass is 379 g/mol. The second kappa shape index (κ2) is 8.22. The average Bonchev–Trinajstić information content (AvgIpc) is 3.44. The summed E-state index contributed by atoms with van der Waals surface area (Å²) in [4.78, 5) is 17.1. The van der Waals surface area contributed by atoms with E-state index in [4.69, 9.17) is 14.0 Å². The second-order valence-corrected chi connectivity index (χ2v) is 6.54. The molecule has 3 aromatic rings. The highest BCUT2D eigenvalue weighted by Crippen LogP contribution is 2.26. The van der Waals surface area contributed by atoms with Crippen LogP contribution in [0.15, 0.2) is 53.1 Å². The van der Waals surface area contributed by atoms with Crippen molar-refractivity contribution in [1.29, 1.82) is 0 Å². The number of nitrogens with one attached hydrogen (secondary N) is 1. The van der Waals surface area contributed by atoms with Gasteiger partial charge in [0.1, 0.15) is 5.75 Å². The molecule has 0 radical (unpaired) electrons. The summed E-state index contributed by atoms with van der Waals surface area (Å²) in [6.07, 6.45) is 2.09. The van der Waals surface area contributed by atoms with Crippen molar-refractivity contribution >= 4 is 5.91 Å². The fraction of sp³-hybridized carbons (Fsp3) is 0.286. The van der Waals surface area contributed by atoms with E-state index < -0.39 is 0 Å². The van der Waals surface area contributed by atoms with E-state index in [9.17, 15) is 4.79 Å². The van der Waals surface area contributed by atoms with Crippen molar-refractivity contribution in [3.8, 4) is 28.6 Å². The zero-order valence-corrected chi connectivity index (χ0v) is 15.6. The first-order valence-corrected chi connectivity index (χ1v) is 9.22. The third-order valence-electron chi connectivity index (χ3n) is 4.69. The van der Waals surface area contributed by atoms with Crippen LogP contribution in [0, 0.1) is 0 Å². The highest BCUT2D eigenvalue weighted by molar-refractivity contribution is 6.00. The molecule has 4 rings (SSSR count). The lowest BCUT2D eigenvalue weighted by Crippen LogP contribution is -2.32. The molecule has 1 aliphatic heterocycles. The van der Waals surface area contributed by atoms with E-state index in [0.29, 0.717) is 29.4 Å². The maximum absolute atomic E-state index is 12.7. The Morgan fingerprint density at radius 1 is 1.21 bits per heavy atom. The maximum atomic E-state index is 12.7. The number of aromatic nitrogens is 2. The lowest BCUT2D eigenvalue weighted by molar-refractivity contribution is 0.0858. The SMILES string of the molecule is COc1ccc(-c2noc(-c3ccccc3C(=O)NC[C@H]3CCCO3)n2)cc1. The van der Waals surface area contributed by atoms with Crippen LogP contribution in [-0.4, -0.2) is 42.4 Å². The molecule has 0 aliphatic carbocycles. The first kappa shape index (κ1) is 18.2. The third kappa shape index (κ3) is 3.89. The molecular formula is C21H21N3O4. The minimum Gasteiger partial charge on any atom is -0.497 e. The summed E-state index contributed by atoms with van der Waals surface area (Å²) >= 11 is 0. The molecule has 1 N–H and O–H groups in total. The summed E-state index contributed by atoms with van der Waals surface area (Å²) in [5.41, 5.74) is 1.89. The molecule has 2 aromatic carbocycles. The number of hydrogen-bond acceptors (Lipinski definition) is 6. The number of hydrogen-bond donors (Lipinski definition) is 1. The van der Waals surface area contributed by atoms with Crippen LogP contribution in [-0.2, 0) is 4.74 Å². The fourth-order valence-electron chi connectivity index (χ4n) is 3.16. The fourth-order valence-corrected chi connectivity index (χ4v) is 3.16. The molecule has 1 aliphatic rings. The standard InChI is InChI=1S/C21H21N3O4/c1-26-15-10-8-14(9-11-15)19-23-21(28-24-19)18-7-3-2-6-17(18)20(25)22-13-16-5-4-12-27-16/h2-3,6-11,16H,4-5,12-13H2,1H3,(H,22,25)/t16-/m1/s1. The minimum absolute atomic E-state index is 0.0844. The van der Waals surface area contributed by atoms with Crippen molar-refractivity contribution < 1.29 is 18.8 Å². The molecule has 1 saturated heterocycles. The first-order valence-electron chi connectivity index (χ1n) is 9.22. The van der Waals surface area contributed by atoms with E-state index in [-0.39, 0.29) is 12.0 Å². The molecule has 1 fully saturated rings. The molecule has 1 atom stereocenters. The van der Waals surface area contributed by atoms with Crippen molar-refractivity contribution in [2.24, 2.45) is 0 Å². The Bertz CT molecular complexity index is 946. The number of carbonyl (C=O) groups excluding carboxylic acids is 1. The van der Waals surface area contributed by atoms with Crippen LogP contribution < -0.4 is 10.1 Å².